The summed E-state index contributed by atoms with van der Waals surface area (Å²) in [6.07, 6.45) is 1.94. The summed E-state index contributed by atoms with van der Waals surface area (Å²) in [5.74, 6) is 0.196. The van der Waals surface area contributed by atoms with E-state index in [2.05, 4.69) is 16.9 Å². The molecule has 0 atom stereocenters. The summed E-state index contributed by atoms with van der Waals surface area (Å²) >= 11 is 1.65. The molecule has 6 nitrogen and oxygen atoms in total. The first-order valence-corrected chi connectivity index (χ1v) is 11.5. The molecular formula is C20H20N4O2S2. The Bertz CT molecular complexity index is 1300. The van der Waals surface area contributed by atoms with Crippen LogP contribution in [0.1, 0.15) is 23.9 Å². The first-order valence-electron chi connectivity index (χ1n) is 8.93. The third-order valence-electron chi connectivity index (χ3n) is 4.55. The number of primary sulfonamides is 1. The van der Waals surface area contributed by atoms with Gasteiger partial charge in [-0.05, 0) is 35.6 Å². The van der Waals surface area contributed by atoms with Gasteiger partial charge in [-0.15, -0.1) is 11.3 Å². The number of thiazole rings is 1. The predicted octanol–water partition coefficient (Wildman–Crippen LogP) is 3.83. The standard InChI is InChI=1S/C20H20N4O2S2/c1-2-5-17-24-18-19(27-17)15-9-8-12(10-16(15)23-20(18)21)14-7-4-3-6-13(14)11-28(22,25)26/h3-4,6-10H,2,5,11H2,1H3,(H2,21,23)(H2,22,25,26). The molecule has 2 heterocycles. The van der Waals surface area contributed by atoms with Gasteiger partial charge in [-0.1, -0.05) is 43.3 Å². The highest BCUT2D eigenvalue weighted by Crippen LogP contribution is 2.35. The molecule has 0 saturated carbocycles. The van der Waals surface area contributed by atoms with Crippen LogP contribution in [0, 0.1) is 0 Å². The second kappa shape index (κ2) is 7.12. The number of hydrogen-bond acceptors (Lipinski definition) is 6. The first kappa shape index (κ1) is 18.8. The lowest BCUT2D eigenvalue weighted by Crippen LogP contribution is -2.15. The number of aromatic nitrogens is 2. The minimum absolute atomic E-state index is 0.217. The van der Waals surface area contributed by atoms with E-state index >= 15 is 0 Å². The normalized spacial score (nSPS) is 12.1. The highest BCUT2D eigenvalue weighted by Gasteiger charge is 2.15. The van der Waals surface area contributed by atoms with Crippen molar-refractivity contribution in [1.29, 1.82) is 0 Å². The Balaban J connectivity index is 1.89. The molecule has 0 bridgehead atoms. The Kier molecular flexibility index (Phi) is 4.78. The molecule has 8 heteroatoms. The van der Waals surface area contributed by atoms with Gasteiger partial charge in [0.05, 0.1) is 21.0 Å². The molecule has 4 N–H and O–H groups in total. The maximum absolute atomic E-state index is 11.6. The number of nitrogens with two attached hydrogens (primary N) is 2. The molecule has 0 fully saturated rings. The van der Waals surface area contributed by atoms with Crippen molar-refractivity contribution in [3.05, 3.63) is 53.0 Å². The van der Waals surface area contributed by atoms with Crippen LogP contribution in [0.4, 0.5) is 5.82 Å². The number of anilines is 1. The SMILES string of the molecule is CCCc1nc2c(N)nc3cc(-c4ccccc4CS(N)(=O)=O)ccc3c2s1. The molecular weight excluding hydrogens is 392 g/mol. The smallest absolute Gasteiger partial charge is 0.213 e. The minimum atomic E-state index is -3.63. The third-order valence-corrected chi connectivity index (χ3v) is 6.41. The monoisotopic (exact) mass is 412 g/mol. The zero-order valence-electron chi connectivity index (χ0n) is 15.3. The zero-order valence-corrected chi connectivity index (χ0v) is 17.0. The second-order valence-electron chi connectivity index (χ2n) is 6.73. The Morgan fingerprint density at radius 2 is 1.89 bits per heavy atom. The van der Waals surface area contributed by atoms with Gasteiger partial charge in [0.1, 0.15) is 5.52 Å². The van der Waals surface area contributed by atoms with Crippen molar-refractivity contribution in [1.82, 2.24) is 9.97 Å². The molecule has 0 saturated heterocycles. The summed E-state index contributed by atoms with van der Waals surface area (Å²) < 4.78 is 24.2. The van der Waals surface area contributed by atoms with E-state index in [1.54, 1.807) is 23.5 Å². The number of hydrogen-bond donors (Lipinski definition) is 2. The van der Waals surface area contributed by atoms with Crippen LogP contribution < -0.4 is 10.9 Å². The predicted molar refractivity (Wildman–Crippen MR) is 116 cm³/mol. The van der Waals surface area contributed by atoms with Gasteiger partial charge in [0, 0.05) is 5.39 Å². The van der Waals surface area contributed by atoms with Crippen LogP contribution in [0.25, 0.3) is 32.2 Å². The highest BCUT2D eigenvalue weighted by atomic mass is 32.2. The maximum Gasteiger partial charge on any atom is 0.213 e. The summed E-state index contributed by atoms with van der Waals surface area (Å²) in [5.41, 5.74) is 10.0. The molecule has 2 aromatic carbocycles. The molecule has 2 aromatic heterocycles. The molecule has 0 aliphatic heterocycles. The number of benzene rings is 2. The van der Waals surface area contributed by atoms with E-state index in [1.807, 2.05) is 30.3 Å². The molecule has 0 aliphatic carbocycles. The van der Waals surface area contributed by atoms with Gasteiger partial charge in [0.25, 0.3) is 0 Å². The lowest BCUT2D eigenvalue weighted by atomic mass is 9.99. The number of nitrogens with zero attached hydrogens (tertiary/aromatic N) is 2. The molecule has 28 heavy (non-hydrogen) atoms. The van der Waals surface area contributed by atoms with Crippen LogP contribution in [0.3, 0.4) is 0 Å². The van der Waals surface area contributed by atoms with Crippen LogP contribution in [0.2, 0.25) is 0 Å². The van der Waals surface area contributed by atoms with Gasteiger partial charge in [-0.3, -0.25) is 0 Å². The number of sulfonamides is 1. The number of rotatable bonds is 5. The molecule has 0 unspecified atom stereocenters. The van der Waals surface area contributed by atoms with Gasteiger partial charge in [-0.25, -0.2) is 23.5 Å². The van der Waals surface area contributed by atoms with E-state index in [9.17, 15) is 8.42 Å². The van der Waals surface area contributed by atoms with E-state index in [-0.39, 0.29) is 5.75 Å². The van der Waals surface area contributed by atoms with E-state index in [1.165, 1.54) is 0 Å². The number of nitrogen functional groups attached to an aromatic ring is 1. The molecule has 0 aliphatic rings. The van der Waals surface area contributed by atoms with E-state index in [0.29, 0.717) is 11.4 Å². The molecule has 4 rings (SSSR count). The molecule has 4 aromatic rings. The fourth-order valence-corrected chi connectivity index (χ4v) is 5.25. The third kappa shape index (κ3) is 3.58. The van der Waals surface area contributed by atoms with Crippen molar-refractivity contribution in [2.24, 2.45) is 5.14 Å². The topological polar surface area (TPSA) is 112 Å². The Morgan fingerprint density at radius 1 is 1.11 bits per heavy atom. The zero-order chi connectivity index (χ0) is 19.9. The van der Waals surface area contributed by atoms with Gasteiger partial charge in [0.2, 0.25) is 10.0 Å². The van der Waals surface area contributed by atoms with Gasteiger partial charge in [0.15, 0.2) is 5.82 Å². The highest BCUT2D eigenvalue weighted by molar-refractivity contribution is 7.88. The van der Waals surface area contributed by atoms with E-state index in [0.717, 1.165) is 50.1 Å². The number of fused-ring (bicyclic) bond motifs is 3. The first-order chi connectivity index (χ1) is 13.4. The van der Waals surface area contributed by atoms with Crippen LogP contribution in [-0.4, -0.2) is 18.4 Å². The summed E-state index contributed by atoms with van der Waals surface area (Å²) in [6.45, 7) is 2.12. The van der Waals surface area contributed by atoms with Crippen molar-refractivity contribution < 1.29 is 8.42 Å². The van der Waals surface area contributed by atoms with Crippen molar-refractivity contribution in [3.63, 3.8) is 0 Å². The maximum atomic E-state index is 11.6. The average Bonchev–Trinajstić information content (AvgIpc) is 3.05. The van der Waals surface area contributed by atoms with Crippen LogP contribution in [0.15, 0.2) is 42.5 Å². The lowest BCUT2D eigenvalue weighted by Gasteiger charge is -2.10. The van der Waals surface area contributed by atoms with Crippen molar-refractivity contribution in [3.8, 4) is 11.1 Å². The quantitative estimate of drug-likeness (QED) is 0.517. The van der Waals surface area contributed by atoms with E-state index in [4.69, 9.17) is 10.9 Å². The Labute approximate surface area is 167 Å². The Morgan fingerprint density at radius 3 is 2.64 bits per heavy atom. The summed E-state index contributed by atoms with van der Waals surface area (Å²) in [4.78, 5) is 9.18. The summed E-state index contributed by atoms with van der Waals surface area (Å²) in [5, 5.41) is 7.31. The summed E-state index contributed by atoms with van der Waals surface area (Å²) in [7, 11) is -3.63. The fraction of sp³-hybridized carbons (Fsp3) is 0.200. The van der Waals surface area contributed by atoms with Crippen molar-refractivity contribution >= 4 is 48.3 Å². The van der Waals surface area contributed by atoms with E-state index < -0.39 is 10.0 Å². The molecule has 0 radical (unpaired) electrons. The van der Waals surface area contributed by atoms with Crippen molar-refractivity contribution in [2.75, 3.05) is 5.73 Å². The summed E-state index contributed by atoms with van der Waals surface area (Å²) in [6, 6.07) is 13.2. The van der Waals surface area contributed by atoms with Crippen LogP contribution in [0.5, 0.6) is 0 Å². The average molecular weight is 413 g/mol. The molecule has 144 valence electrons. The van der Waals surface area contributed by atoms with Crippen LogP contribution in [-0.2, 0) is 22.2 Å². The largest absolute Gasteiger partial charge is 0.382 e. The number of pyridine rings is 1. The second-order valence-corrected chi connectivity index (χ2v) is 9.43. The van der Waals surface area contributed by atoms with Gasteiger partial charge in [-0.2, -0.15) is 0 Å². The van der Waals surface area contributed by atoms with Crippen molar-refractivity contribution in [2.45, 2.75) is 25.5 Å². The van der Waals surface area contributed by atoms with Gasteiger partial charge >= 0.3 is 0 Å². The fourth-order valence-electron chi connectivity index (χ4n) is 3.35. The minimum Gasteiger partial charge on any atom is -0.382 e. The van der Waals surface area contributed by atoms with Gasteiger partial charge < -0.3 is 5.73 Å². The van der Waals surface area contributed by atoms with Crippen LogP contribution >= 0.6 is 11.3 Å². The Hall–Kier alpha value is -2.55. The lowest BCUT2D eigenvalue weighted by molar-refractivity contribution is 0.597. The molecule has 0 amide bonds. The number of aryl methyl sites for hydroxylation is 1. The molecule has 0 spiro atoms.